The maximum absolute atomic E-state index is 5.16. The second kappa shape index (κ2) is 4.65. The summed E-state index contributed by atoms with van der Waals surface area (Å²) in [5, 5.41) is 0. The smallest absolute Gasteiger partial charge is 0.222 e. The minimum atomic E-state index is -0.354. The zero-order valence-electron chi connectivity index (χ0n) is 5.31. The normalized spacial score (nSPS) is 9.62. The monoisotopic (exact) mass is 128 g/mol. The second-order valence-electron chi connectivity index (χ2n) is 1.63. The second-order valence-corrected chi connectivity index (χ2v) is 2.90. The van der Waals surface area contributed by atoms with Gasteiger partial charge in [0.25, 0.3) is 0 Å². The lowest BCUT2D eigenvalue weighted by atomic mass is 10.7. The molecule has 0 rings (SSSR count). The molecule has 0 unspecified atom stereocenters. The Morgan fingerprint density at radius 2 is 2.50 bits per heavy atom. The summed E-state index contributed by atoms with van der Waals surface area (Å²) in [5.41, 5.74) is 0. The third kappa shape index (κ3) is 5.50. The summed E-state index contributed by atoms with van der Waals surface area (Å²) in [6.45, 7) is 9.06. The van der Waals surface area contributed by atoms with E-state index in [9.17, 15) is 0 Å². The van der Waals surface area contributed by atoms with E-state index in [0.29, 0.717) is 0 Å². The van der Waals surface area contributed by atoms with Gasteiger partial charge in [0.05, 0.1) is 5.76 Å². The molecule has 8 heavy (non-hydrogen) atoms. The Bertz CT molecular complexity index is 88.5. The van der Waals surface area contributed by atoms with E-state index in [1.165, 1.54) is 0 Å². The average molecular weight is 128 g/mol. The van der Waals surface area contributed by atoms with Crippen molar-refractivity contribution < 1.29 is 4.43 Å². The van der Waals surface area contributed by atoms with Crippen LogP contribution in [-0.4, -0.2) is 9.76 Å². The highest BCUT2D eigenvalue weighted by atomic mass is 28.2. The minimum absolute atomic E-state index is 0.354. The van der Waals surface area contributed by atoms with Crippen LogP contribution >= 0.6 is 0 Å². The topological polar surface area (TPSA) is 9.23 Å². The molecule has 0 saturated heterocycles. The Kier molecular flexibility index (Phi) is 4.36. The molecule has 0 aromatic rings. The summed E-state index contributed by atoms with van der Waals surface area (Å²) in [6, 6.07) is 1.03. The van der Waals surface area contributed by atoms with E-state index in [-0.39, 0.29) is 9.76 Å². The summed E-state index contributed by atoms with van der Waals surface area (Å²) in [6.07, 6.45) is 1.88. The van der Waals surface area contributed by atoms with Crippen LogP contribution in [0.15, 0.2) is 25.0 Å². The van der Waals surface area contributed by atoms with E-state index in [1.807, 2.05) is 13.0 Å². The summed E-state index contributed by atoms with van der Waals surface area (Å²) >= 11 is 0. The van der Waals surface area contributed by atoms with Crippen molar-refractivity contribution >= 4 is 9.76 Å². The van der Waals surface area contributed by atoms with E-state index >= 15 is 0 Å². The maximum atomic E-state index is 5.16. The van der Waals surface area contributed by atoms with E-state index in [2.05, 4.69) is 13.2 Å². The predicted octanol–water partition coefficient (Wildman–Crippen LogP) is 1.22. The van der Waals surface area contributed by atoms with Gasteiger partial charge in [0.2, 0.25) is 9.76 Å². The SMILES string of the molecule is C=CC[SiH2]OC(=C)C. The van der Waals surface area contributed by atoms with Crippen molar-refractivity contribution in [2.75, 3.05) is 0 Å². The molecule has 0 amide bonds. The highest BCUT2D eigenvalue weighted by Crippen LogP contribution is 1.89. The van der Waals surface area contributed by atoms with E-state index < -0.39 is 0 Å². The van der Waals surface area contributed by atoms with E-state index in [1.54, 1.807) is 0 Å². The first-order valence-corrected chi connectivity index (χ1v) is 4.24. The van der Waals surface area contributed by atoms with Gasteiger partial charge in [-0.25, -0.2) is 0 Å². The molecule has 0 N–H and O–H groups in total. The molecular formula is C6H12OSi. The zero-order chi connectivity index (χ0) is 6.41. The Balaban J connectivity index is 2.93. The third-order valence-electron chi connectivity index (χ3n) is 0.670. The molecule has 0 fully saturated rings. The van der Waals surface area contributed by atoms with E-state index in [0.717, 1.165) is 11.8 Å². The molecule has 0 radical (unpaired) electrons. The molecule has 0 spiro atoms. The van der Waals surface area contributed by atoms with Crippen molar-refractivity contribution in [3.63, 3.8) is 0 Å². The molecule has 0 aliphatic heterocycles. The Morgan fingerprint density at radius 1 is 1.88 bits per heavy atom. The number of rotatable bonds is 4. The molecule has 0 heterocycles. The van der Waals surface area contributed by atoms with Crippen LogP contribution in [0.4, 0.5) is 0 Å². The first-order valence-electron chi connectivity index (χ1n) is 2.66. The molecule has 0 aliphatic carbocycles. The van der Waals surface area contributed by atoms with Gasteiger partial charge < -0.3 is 4.43 Å². The van der Waals surface area contributed by atoms with Crippen LogP contribution in [0.2, 0.25) is 6.04 Å². The fraction of sp³-hybridized carbons (Fsp3) is 0.333. The summed E-state index contributed by atoms with van der Waals surface area (Å²) in [5.74, 6) is 0.832. The Morgan fingerprint density at radius 3 is 2.88 bits per heavy atom. The fourth-order valence-corrected chi connectivity index (χ4v) is 0.949. The number of allylic oxidation sites excluding steroid dienone is 2. The van der Waals surface area contributed by atoms with Gasteiger partial charge in [-0.3, -0.25) is 0 Å². The highest BCUT2D eigenvalue weighted by Gasteiger charge is 1.82. The molecule has 0 aromatic carbocycles. The number of hydrogen-bond donors (Lipinski definition) is 0. The van der Waals surface area contributed by atoms with Gasteiger partial charge in [0, 0.05) is 0 Å². The largest absolute Gasteiger partial charge is 0.553 e. The van der Waals surface area contributed by atoms with E-state index in [4.69, 9.17) is 4.43 Å². The molecule has 0 aromatic heterocycles. The van der Waals surface area contributed by atoms with Crippen LogP contribution in [0.5, 0.6) is 0 Å². The molecule has 2 heteroatoms. The van der Waals surface area contributed by atoms with Crippen molar-refractivity contribution in [1.29, 1.82) is 0 Å². The Hall–Kier alpha value is -0.503. The van der Waals surface area contributed by atoms with Gasteiger partial charge in [-0.15, -0.1) is 6.58 Å². The molecule has 0 saturated carbocycles. The van der Waals surface area contributed by atoms with Gasteiger partial charge in [-0.1, -0.05) is 12.7 Å². The van der Waals surface area contributed by atoms with Crippen LogP contribution in [0.1, 0.15) is 6.92 Å². The highest BCUT2D eigenvalue weighted by molar-refractivity contribution is 6.28. The molecule has 0 aliphatic rings. The van der Waals surface area contributed by atoms with Crippen LogP contribution in [0.3, 0.4) is 0 Å². The first kappa shape index (κ1) is 7.50. The zero-order valence-corrected chi connectivity index (χ0v) is 6.73. The van der Waals surface area contributed by atoms with Gasteiger partial charge >= 0.3 is 0 Å². The van der Waals surface area contributed by atoms with Crippen LogP contribution in [0.25, 0.3) is 0 Å². The predicted molar refractivity (Wildman–Crippen MR) is 39.4 cm³/mol. The van der Waals surface area contributed by atoms with Gasteiger partial charge in [0.1, 0.15) is 0 Å². The van der Waals surface area contributed by atoms with Crippen LogP contribution in [0, 0.1) is 0 Å². The molecular weight excluding hydrogens is 116 g/mol. The minimum Gasteiger partial charge on any atom is -0.553 e. The van der Waals surface area contributed by atoms with Crippen molar-refractivity contribution in [3.05, 3.63) is 25.0 Å². The fourth-order valence-electron chi connectivity index (χ4n) is 0.316. The van der Waals surface area contributed by atoms with Crippen LogP contribution < -0.4 is 0 Å². The van der Waals surface area contributed by atoms with Crippen molar-refractivity contribution in [2.45, 2.75) is 13.0 Å². The summed E-state index contributed by atoms with van der Waals surface area (Å²) in [4.78, 5) is 0. The lowest BCUT2D eigenvalue weighted by Gasteiger charge is -1.99. The standard InChI is InChI=1S/C6H12OSi/c1-4-5-8-7-6(2)3/h4H,1-2,5,8H2,3H3. The van der Waals surface area contributed by atoms with Crippen molar-refractivity contribution in [2.24, 2.45) is 0 Å². The third-order valence-corrected chi connectivity index (χ3v) is 2.01. The molecule has 1 nitrogen and oxygen atoms in total. The van der Waals surface area contributed by atoms with Gasteiger partial charge in [0.15, 0.2) is 0 Å². The summed E-state index contributed by atoms with van der Waals surface area (Å²) in [7, 11) is -0.354. The van der Waals surface area contributed by atoms with Crippen LogP contribution in [-0.2, 0) is 4.43 Å². The molecule has 0 bridgehead atoms. The summed E-state index contributed by atoms with van der Waals surface area (Å²) < 4.78 is 5.16. The molecule has 0 atom stereocenters. The first-order chi connectivity index (χ1) is 3.77. The lowest BCUT2D eigenvalue weighted by Crippen LogP contribution is -1.92. The lowest BCUT2D eigenvalue weighted by molar-refractivity contribution is 0.459. The quantitative estimate of drug-likeness (QED) is 0.239. The van der Waals surface area contributed by atoms with Gasteiger partial charge in [-0.2, -0.15) is 0 Å². The Labute approximate surface area is 53.0 Å². The number of hydrogen-bond acceptors (Lipinski definition) is 1. The van der Waals surface area contributed by atoms with Crippen molar-refractivity contribution in [1.82, 2.24) is 0 Å². The molecule has 46 valence electrons. The maximum Gasteiger partial charge on any atom is 0.222 e. The van der Waals surface area contributed by atoms with Crippen molar-refractivity contribution in [3.8, 4) is 0 Å². The van der Waals surface area contributed by atoms with Gasteiger partial charge in [-0.05, 0) is 13.0 Å². The average Bonchev–Trinajstić information content (AvgIpc) is 1.66.